The molecule has 1 fully saturated rings. The first kappa shape index (κ1) is 12.0. The number of rotatable bonds is 3. The van der Waals surface area contributed by atoms with E-state index >= 15 is 0 Å². The maximum atomic E-state index is 7.41. The minimum Gasteiger partial charge on any atom is -0.490 e. The average Bonchev–Trinajstić information content (AvgIpc) is 2.29. The van der Waals surface area contributed by atoms with Crippen molar-refractivity contribution in [2.75, 3.05) is 0 Å². The monoisotopic (exact) mass is 232 g/mol. The highest BCUT2D eigenvalue weighted by atomic mass is 16.5. The standard InChI is InChI=1S/C14H20N2O/c1-10-4-2-6-12(8-10)17-13-7-3-5-11(9-13)14(15)16/h3,5,7,9-10,12H,2,4,6,8H2,1H3,(H3,15,16). The molecule has 0 radical (unpaired) electrons. The van der Waals surface area contributed by atoms with Gasteiger partial charge in [0.15, 0.2) is 0 Å². The molecule has 0 heterocycles. The van der Waals surface area contributed by atoms with E-state index in [0.717, 1.165) is 30.1 Å². The van der Waals surface area contributed by atoms with E-state index in [9.17, 15) is 0 Å². The van der Waals surface area contributed by atoms with Gasteiger partial charge in [0.25, 0.3) is 0 Å². The third-order valence-corrected chi connectivity index (χ3v) is 3.34. The van der Waals surface area contributed by atoms with Gasteiger partial charge in [0, 0.05) is 5.56 Å². The van der Waals surface area contributed by atoms with Crippen LogP contribution in [0.25, 0.3) is 0 Å². The zero-order valence-corrected chi connectivity index (χ0v) is 10.3. The number of hydrogen-bond acceptors (Lipinski definition) is 2. The minimum atomic E-state index is 0.0902. The van der Waals surface area contributed by atoms with Crippen molar-refractivity contribution in [2.24, 2.45) is 11.7 Å². The van der Waals surface area contributed by atoms with Gasteiger partial charge < -0.3 is 10.5 Å². The van der Waals surface area contributed by atoms with Gasteiger partial charge in [0.1, 0.15) is 11.6 Å². The Balaban J connectivity index is 2.02. The lowest BCUT2D eigenvalue weighted by molar-refractivity contribution is 0.129. The first-order chi connectivity index (χ1) is 8.15. The molecule has 0 aromatic heterocycles. The van der Waals surface area contributed by atoms with Crippen LogP contribution in [0.3, 0.4) is 0 Å². The molecule has 1 saturated carbocycles. The highest BCUT2D eigenvalue weighted by Gasteiger charge is 2.20. The molecule has 0 aliphatic heterocycles. The molecule has 0 spiro atoms. The Morgan fingerprint density at radius 3 is 2.94 bits per heavy atom. The molecular formula is C14H20N2O. The van der Waals surface area contributed by atoms with Crippen LogP contribution in [0.15, 0.2) is 24.3 Å². The summed E-state index contributed by atoms with van der Waals surface area (Å²) in [5.41, 5.74) is 6.19. The van der Waals surface area contributed by atoms with Gasteiger partial charge in [-0.15, -0.1) is 0 Å². The topological polar surface area (TPSA) is 59.1 Å². The highest BCUT2D eigenvalue weighted by Crippen LogP contribution is 2.27. The Kier molecular flexibility index (Phi) is 3.67. The van der Waals surface area contributed by atoms with Gasteiger partial charge >= 0.3 is 0 Å². The average molecular weight is 232 g/mol. The van der Waals surface area contributed by atoms with E-state index in [1.807, 2.05) is 24.3 Å². The second-order valence-electron chi connectivity index (χ2n) is 4.95. The molecule has 2 rings (SSSR count). The van der Waals surface area contributed by atoms with Gasteiger partial charge in [0.2, 0.25) is 0 Å². The Bertz CT molecular complexity index is 403. The summed E-state index contributed by atoms with van der Waals surface area (Å²) >= 11 is 0. The Labute approximate surface area is 102 Å². The Morgan fingerprint density at radius 1 is 1.41 bits per heavy atom. The van der Waals surface area contributed by atoms with Gasteiger partial charge in [0.05, 0.1) is 6.10 Å². The summed E-state index contributed by atoms with van der Waals surface area (Å²) in [5, 5.41) is 7.41. The van der Waals surface area contributed by atoms with Crippen LogP contribution in [0.1, 0.15) is 38.2 Å². The largest absolute Gasteiger partial charge is 0.490 e. The summed E-state index contributed by atoms with van der Waals surface area (Å²) < 4.78 is 5.96. The number of nitrogens with two attached hydrogens (primary N) is 1. The van der Waals surface area contributed by atoms with Gasteiger partial charge in [-0.3, -0.25) is 5.41 Å². The summed E-state index contributed by atoms with van der Waals surface area (Å²) in [6.45, 7) is 2.28. The number of nitrogen functional groups attached to an aromatic ring is 1. The number of benzene rings is 1. The van der Waals surface area contributed by atoms with Gasteiger partial charge in [-0.05, 0) is 37.3 Å². The van der Waals surface area contributed by atoms with Crippen molar-refractivity contribution in [2.45, 2.75) is 38.7 Å². The molecule has 3 nitrogen and oxygen atoms in total. The van der Waals surface area contributed by atoms with Gasteiger partial charge in [-0.2, -0.15) is 0 Å². The van der Waals surface area contributed by atoms with Gasteiger partial charge in [-0.25, -0.2) is 0 Å². The second-order valence-corrected chi connectivity index (χ2v) is 4.95. The van der Waals surface area contributed by atoms with E-state index in [1.165, 1.54) is 12.8 Å². The van der Waals surface area contributed by atoms with E-state index in [1.54, 1.807) is 0 Å². The molecule has 0 amide bonds. The fraction of sp³-hybridized carbons (Fsp3) is 0.500. The molecule has 1 aliphatic rings. The maximum Gasteiger partial charge on any atom is 0.122 e. The number of nitrogens with one attached hydrogen (secondary N) is 1. The van der Waals surface area contributed by atoms with Crippen molar-refractivity contribution >= 4 is 5.84 Å². The molecule has 1 aliphatic carbocycles. The Hall–Kier alpha value is -1.51. The predicted molar refractivity (Wildman–Crippen MR) is 69.5 cm³/mol. The third-order valence-electron chi connectivity index (χ3n) is 3.34. The molecule has 0 bridgehead atoms. The second kappa shape index (κ2) is 5.21. The van der Waals surface area contributed by atoms with Crippen LogP contribution in [0.5, 0.6) is 5.75 Å². The maximum absolute atomic E-state index is 7.41. The molecule has 1 aromatic carbocycles. The van der Waals surface area contributed by atoms with E-state index in [4.69, 9.17) is 15.9 Å². The molecule has 2 atom stereocenters. The van der Waals surface area contributed by atoms with Crippen LogP contribution in [0.4, 0.5) is 0 Å². The number of hydrogen-bond donors (Lipinski definition) is 2. The molecule has 3 heteroatoms. The fourth-order valence-electron chi connectivity index (χ4n) is 2.41. The van der Waals surface area contributed by atoms with Crippen molar-refractivity contribution in [1.82, 2.24) is 0 Å². The number of amidine groups is 1. The fourth-order valence-corrected chi connectivity index (χ4v) is 2.41. The predicted octanol–water partition coefficient (Wildman–Crippen LogP) is 2.93. The summed E-state index contributed by atoms with van der Waals surface area (Å²) in [5.74, 6) is 1.68. The minimum absolute atomic E-state index is 0.0902. The first-order valence-electron chi connectivity index (χ1n) is 6.26. The smallest absolute Gasteiger partial charge is 0.122 e. The van der Waals surface area contributed by atoms with Crippen LogP contribution in [-0.2, 0) is 0 Å². The van der Waals surface area contributed by atoms with Crippen LogP contribution in [0.2, 0.25) is 0 Å². The zero-order valence-electron chi connectivity index (χ0n) is 10.3. The first-order valence-corrected chi connectivity index (χ1v) is 6.26. The summed E-state index contributed by atoms with van der Waals surface area (Å²) in [6, 6.07) is 7.50. The normalized spacial score (nSPS) is 24.3. The lowest BCUT2D eigenvalue weighted by Gasteiger charge is -2.27. The van der Waals surface area contributed by atoms with Crippen LogP contribution in [0, 0.1) is 11.3 Å². The third kappa shape index (κ3) is 3.22. The van der Waals surface area contributed by atoms with Crippen LogP contribution < -0.4 is 10.5 Å². The molecular weight excluding hydrogens is 212 g/mol. The van der Waals surface area contributed by atoms with Crippen LogP contribution >= 0.6 is 0 Å². The van der Waals surface area contributed by atoms with Crippen molar-refractivity contribution < 1.29 is 4.74 Å². The van der Waals surface area contributed by atoms with Crippen molar-refractivity contribution in [3.05, 3.63) is 29.8 Å². The molecule has 2 unspecified atom stereocenters. The van der Waals surface area contributed by atoms with E-state index < -0.39 is 0 Å². The van der Waals surface area contributed by atoms with Crippen molar-refractivity contribution in [1.29, 1.82) is 5.41 Å². The van der Waals surface area contributed by atoms with Crippen LogP contribution in [-0.4, -0.2) is 11.9 Å². The highest BCUT2D eigenvalue weighted by molar-refractivity contribution is 5.95. The summed E-state index contributed by atoms with van der Waals surface area (Å²) in [4.78, 5) is 0. The van der Waals surface area contributed by atoms with E-state index in [0.29, 0.717) is 6.10 Å². The summed E-state index contributed by atoms with van der Waals surface area (Å²) in [6.07, 6.45) is 5.14. The lowest BCUT2D eigenvalue weighted by Crippen LogP contribution is -2.24. The quantitative estimate of drug-likeness (QED) is 0.622. The van der Waals surface area contributed by atoms with Crippen molar-refractivity contribution in [3.63, 3.8) is 0 Å². The molecule has 17 heavy (non-hydrogen) atoms. The molecule has 0 saturated heterocycles. The van der Waals surface area contributed by atoms with E-state index in [2.05, 4.69) is 6.92 Å². The summed E-state index contributed by atoms with van der Waals surface area (Å²) in [7, 11) is 0. The zero-order chi connectivity index (χ0) is 12.3. The SMILES string of the molecule is CC1CCCC(Oc2cccc(C(=N)N)c2)C1. The van der Waals surface area contributed by atoms with E-state index in [-0.39, 0.29) is 5.84 Å². The molecule has 1 aromatic rings. The Morgan fingerprint density at radius 2 is 2.24 bits per heavy atom. The van der Waals surface area contributed by atoms with Gasteiger partial charge in [-0.1, -0.05) is 25.5 Å². The molecule has 3 N–H and O–H groups in total. The van der Waals surface area contributed by atoms with Crippen molar-refractivity contribution in [3.8, 4) is 5.75 Å². The molecule has 92 valence electrons. The number of ether oxygens (including phenoxy) is 1. The lowest BCUT2D eigenvalue weighted by atomic mass is 9.89.